The molecule has 3 aliphatic rings. The summed E-state index contributed by atoms with van der Waals surface area (Å²) in [5.74, 6) is 1.34. The maximum atomic E-state index is 9.94. The van der Waals surface area contributed by atoms with Gasteiger partial charge in [-0.2, -0.15) is 0 Å². The van der Waals surface area contributed by atoms with Crippen LogP contribution in [0.2, 0.25) is 0 Å². The lowest BCUT2D eigenvalue weighted by Crippen LogP contribution is -2.55. The number of hydrogen-bond donors (Lipinski definition) is 1. The molecule has 2 nitrogen and oxygen atoms in total. The van der Waals surface area contributed by atoms with Gasteiger partial charge >= 0.3 is 0 Å². The van der Waals surface area contributed by atoms with Crippen molar-refractivity contribution in [1.29, 1.82) is 0 Å². The molecule has 0 amide bonds. The van der Waals surface area contributed by atoms with E-state index in [-0.39, 0.29) is 5.60 Å². The minimum absolute atomic E-state index is 0.0713. The summed E-state index contributed by atoms with van der Waals surface area (Å²) in [6.07, 6.45) is 6.72. The second-order valence-corrected chi connectivity index (χ2v) is 8.11. The predicted molar refractivity (Wildman–Crippen MR) is 72.1 cm³/mol. The highest BCUT2D eigenvalue weighted by molar-refractivity contribution is 5.10. The van der Waals surface area contributed by atoms with Gasteiger partial charge in [0, 0.05) is 6.42 Å². The maximum Gasteiger partial charge on any atom is 0.155 e. The van der Waals surface area contributed by atoms with Gasteiger partial charge in [-0.1, -0.05) is 27.2 Å². The summed E-state index contributed by atoms with van der Waals surface area (Å²) in [6, 6.07) is 0. The lowest BCUT2D eigenvalue weighted by molar-refractivity contribution is -0.181. The molecule has 3 rings (SSSR count). The topological polar surface area (TPSA) is 29.5 Å². The van der Waals surface area contributed by atoms with E-state index in [1.807, 2.05) is 0 Å². The highest BCUT2D eigenvalue weighted by Gasteiger charge is 2.61. The van der Waals surface area contributed by atoms with Crippen molar-refractivity contribution in [2.24, 2.45) is 22.7 Å². The van der Waals surface area contributed by atoms with E-state index < -0.39 is 6.29 Å². The van der Waals surface area contributed by atoms with Gasteiger partial charge in [-0.05, 0) is 55.3 Å². The van der Waals surface area contributed by atoms with Gasteiger partial charge in [-0.3, -0.25) is 0 Å². The molecule has 0 aromatic heterocycles. The van der Waals surface area contributed by atoms with Crippen LogP contribution in [0.3, 0.4) is 0 Å². The van der Waals surface area contributed by atoms with Gasteiger partial charge in [-0.25, -0.2) is 0 Å². The van der Waals surface area contributed by atoms with Crippen molar-refractivity contribution >= 4 is 0 Å². The fourth-order valence-corrected chi connectivity index (χ4v) is 5.83. The third-order valence-electron chi connectivity index (χ3n) is 6.58. The zero-order valence-electron chi connectivity index (χ0n) is 12.3. The molecule has 104 valence electrons. The lowest BCUT2D eigenvalue weighted by atomic mass is 9.45. The molecule has 0 aromatic rings. The largest absolute Gasteiger partial charge is 0.368 e. The molecule has 0 radical (unpaired) electrons. The second kappa shape index (κ2) is 3.73. The first-order valence-electron chi connectivity index (χ1n) is 7.64. The highest BCUT2D eigenvalue weighted by atomic mass is 16.6. The normalized spacial score (nSPS) is 54.8. The van der Waals surface area contributed by atoms with E-state index in [1.54, 1.807) is 0 Å². The zero-order valence-corrected chi connectivity index (χ0v) is 12.3. The predicted octanol–water partition coefficient (Wildman–Crippen LogP) is 3.73. The number of ether oxygens (including phenoxy) is 1. The zero-order chi connectivity index (χ0) is 13.2. The Morgan fingerprint density at radius 3 is 2.44 bits per heavy atom. The molecule has 2 heteroatoms. The maximum absolute atomic E-state index is 9.94. The Labute approximate surface area is 111 Å². The fraction of sp³-hybridized carbons (Fsp3) is 1.00. The summed E-state index contributed by atoms with van der Waals surface area (Å²) >= 11 is 0. The number of rotatable bonds is 0. The monoisotopic (exact) mass is 252 g/mol. The van der Waals surface area contributed by atoms with Gasteiger partial charge in [0.1, 0.15) is 0 Å². The quantitative estimate of drug-likeness (QED) is 0.712. The molecule has 0 aromatic carbocycles. The molecular formula is C16H28O2. The molecule has 2 saturated carbocycles. The Bertz CT molecular complexity index is 351. The van der Waals surface area contributed by atoms with Gasteiger partial charge in [-0.15, -0.1) is 0 Å². The summed E-state index contributed by atoms with van der Waals surface area (Å²) in [5, 5.41) is 9.94. The lowest BCUT2D eigenvalue weighted by Gasteiger charge is -2.60. The molecule has 0 bridgehead atoms. The minimum Gasteiger partial charge on any atom is -0.368 e. The van der Waals surface area contributed by atoms with Crippen molar-refractivity contribution in [1.82, 2.24) is 0 Å². The third kappa shape index (κ3) is 1.61. The van der Waals surface area contributed by atoms with Crippen molar-refractivity contribution in [2.45, 2.75) is 78.1 Å². The Morgan fingerprint density at radius 1 is 1.00 bits per heavy atom. The van der Waals surface area contributed by atoms with Crippen LogP contribution in [0.15, 0.2) is 0 Å². The van der Waals surface area contributed by atoms with Gasteiger partial charge in [0.25, 0.3) is 0 Å². The number of fused-ring (bicyclic) bond motifs is 3. The molecule has 5 atom stereocenters. The van der Waals surface area contributed by atoms with Crippen LogP contribution in [0, 0.1) is 22.7 Å². The number of hydrogen-bond acceptors (Lipinski definition) is 2. The van der Waals surface area contributed by atoms with Gasteiger partial charge in [0.05, 0.1) is 5.60 Å². The van der Waals surface area contributed by atoms with Crippen LogP contribution in [0.25, 0.3) is 0 Å². The first-order valence-corrected chi connectivity index (χ1v) is 7.64. The van der Waals surface area contributed by atoms with Crippen molar-refractivity contribution in [3.63, 3.8) is 0 Å². The van der Waals surface area contributed by atoms with Crippen LogP contribution in [-0.4, -0.2) is 17.0 Å². The standard InChI is InChI=1S/C16H28O2/c1-14(2)7-5-8-15(3)11(14)6-9-16(4)12(15)10-13(17)18-16/h11-13,17H,5-10H2,1-4H3/t11-,12+,13?,15-,16?/m0/s1. The summed E-state index contributed by atoms with van der Waals surface area (Å²) < 4.78 is 5.89. The first-order chi connectivity index (χ1) is 8.28. The number of aliphatic hydroxyl groups excluding tert-OH is 1. The Balaban J connectivity index is 1.98. The molecule has 1 aliphatic heterocycles. The van der Waals surface area contributed by atoms with Gasteiger partial charge in [0.15, 0.2) is 6.29 Å². The van der Waals surface area contributed by atoms with E-state index in [0.717, 1.165) is 18.8 Å². The van der Waals surface area contributed by atoms with Crippen molar-refractivity contribution in [3.05, 3.63) is 0 Å². The van der Waals surface area contributed by atoms with Crippen LogP contribution in [0.5, 0.6) is 0 Å². The minimum atomic E-state index is -0.527. The first kappa shape index (κ1) is 12.9. The molecule has 0 spiro atoms. The Kier molecular flexibility index (Phi) is 2.68. The van der Waals surface area contributed by atoms with Crippen LogP contribution in [-0.2, 0) is 4.74 Å². The van der Waals surface area contributed by atoms with E-state index in [0.29, 0.717) is 16.7 Å². The summed E-state index contributed by atoms with van der Waals surface area (Å²) in [5.41, 5.74) is 0.756. The highest BCUT2D eigenvalue weighted by Crippen LogP contribution is 2.65. The number of aliphatic hydroxyl groups is 1. The van der Waals surface area contributed by atoms with Crippen molar-refractivity contribution in [3.8, 4) is 0 Å². The van der Waals surface area contributed by atoms with E-state index >= 15 is 0 Å². The van der Waals surface area contributed by atoms with E-state index in [1.165, 1.54) is 25.7 Å². The molecule has 1 saturated heterocycles. The second-order valence-electron chi connectivity index (χ2n) is 8.11. The van der Waals surface area contributed by atoms with E-state index in [2.05, 4.69) is 27.7 Å². The fourth-order valence-electron chi connectivity index (χ4n) is 5.83. The van der Waals surface area contributed by atoms with E-state index in [9.17, 15) is 5.11 Å². The molecule has 1 heterocycles. The smallest absolute Gasteiger partial charge is 0.155 e. The molecule has 2 unspecified atom stereocenters. The van der Waals surface area contributed by atoms with Crippen LogP contribution in [0.1, 0.15) is 66.2 Å². The Hall–Kier alpha value is -0.0800. The molecule has 2 aliphatic carbocycles. The molecule has 1 N–H and O–H groups in total. The summed E-state index contributed by atoms with van der Waals surface area (Å²) in [4.78, 5) is 0. The average molecular weight is 252 g/mol. The SMILES string of the molecule is CC1(C)CCC[C@@]2(C)[C@H]1CCC1(C)OC(O)C[C@@H]12. The average Bonchev–Trinajstić information content (AvgIpc) is 2.53. The summed E-state index contributed by atoms with van der Waals surface area (Å²) in [7, 11) is 0. The van der Waals surface area contributed by atoms with Crippen LogP contribution in [0.4, 0.5) is 0 Å². The molecular weight excluding hydrogens is 224 g/mol. The van der Waals surface area contributed by atoms with E-state index in [4.69, 9.17) is 4.74 Å². The van der Waals surface area contributed by atoms with Crippen molar-refractivity contribution < 1.29 is 9.84 Å². The molecule has 18 heavy (non-hydrogen) atoms. The molecule has 3 fully saturated rings. The third-order valence-corrected chi connectivity index (χ3v) is 6.58. The van der Waals surface area contributed by atoms with Gasteiger partial charge < -0.3 is 9.84 Å². The Morgan fingerprint density at radius 2 is 1.72 bits per heavy atom. The van der Waals surface area contributed by atoms with Gasteiger partial charge in [0.2, 0.25) is 0 Å². The summed E-state index contributed by atoms with van der Waals surface area (Å²) in [6.45, 7) is 9.60. The van der Waals surface area contributed by atoms with Crippen LogP contribution < -0.4 is 0 Å². The van der Waals surface area contributed by atoms with Crippen LogP contribution >= 0.6 is 0 Å². The van der Waals surface area contributed by atoms with Crippen molar-refractivity contribution in [2.75, 3.05) is 0 Å².